The zero-order valence-electron chi connectivity index (χ0n) is 9.58. The molecule has 2 atom stereocenters. The van der Waals surface area contributed by atoms with Gasteiger partial charge in [-0.05, 0) is 11.6 Å². The molecule has 18 heavy (non-hydrogen) atoms. The van der Waals surface area contributed by atoms with Gasteiger partial charge in [0.25, 0.3) is 0 Å². The number of hydrogen-bond donors (Lipinski definition) is 2. The second kappa shape index (κ2) is 4.23. The second-order valence-electron chi connectivity index (χ2n) is 4.26. The molecule has 0 saturated heterocycles. The Labute approximate surface area is 104 Å². The Balaban J connectivity index is 2.06. The van der Waals surface area contributed by atoms with Crippen LogP contribution >= 0.6 is 0 Å². The summed E-state index contributed by atoms with van der Waals surface area (Å²) in [6.45, 7) is 0. The molecule has 1 aliphatic rings. The fourth-order valence-electron chi connectivity index (χ4n) is 2.27. The van der Waals surface area contributed by atoms with Crippen LogP contribution in [0.4, 0.5) is 5.82 Å². The predicted octanol–water partition coefficient (Wildman–Crippen LogP) is 1.85. The van der Waals surface area contributed by atoms with Gasteiger partial charge in [-0.1, -0.05) is 36.4 Å². The van der Waals surface area contributed by atoms with Crippen LogP contribution in [0.1, 0.15) is 23.1 Å². The van der Waals surface area contributed by atoms with Crippen molar-refractivity contribution in [2.75, 3.05) is 5.32 Å². The number of carbonyl (C=O) groups excluding carboxylic acids is 1. The monoisotopic (exact) mass is 240 g/mol. The van der Waals surface area contributed by atoms with Crippen molar-refractivity contribution in [3.05, 3.63) is 59.8 Å². The Morgan fingerprint density at radius 1 is 1.11 bits per heavy atom. The highest BCUT2D eigenvalue weighted by Gasteiger charge is 2.36. The second-order valence-corrected chi connectivity index (χ2v) is 4.26. The van der Waals surface area contributed by atoms with Crippen molar-refractivity contribution in [2.45, 2.75) is 12.0 Å². The molecule has 0 fully saturated rings. The van der Waals surface area contributed by atoms with Crippen molar-refractivity contribution in [3.63, 3.8) is 0 Å². The van der Waals surface area contributed by atoms with Crippen LogP contribution in [0.5, 0.6) is 0 Å². The Hall–Kier alpha value is -2.20. The van der Waals surface area contributed by atoms with Crippen LogP contribution in [0.2, 0.25) is 0 Å². The Morgan fingerprint density at radius 2 is 1.89 bits per heavy atom. The topological polar surface area (TPSA) is 62.2 Å². The number of aliphatic hydroxyl groups excluding tert-OH is 1. The van der Waals surface area contributed by atoms with E-state index < -0.39 is 12.0 Å². The van der Waals surface area contributed by atoms with Gasteiger partial charge in [-0.2, -0.15) is 0 Å². The molecule has 0 aliphatic carbocycles. The summed E-state index contributed by atoms with van der Waals surface area (Å²) in [5, 5.41) is 13.1. The number of nitrogens with zero attached hydrogens (tertiary/aromatic N) is 1. The van der Waals surface area contributed by atoms with Gasteiger partial charge in [0.1, 0.15) is 5.82 Å². The maximum Gasteiger partial charge on any atom is 0.236 e. The lowest BCUT2D eigenvalue weighted by molar-refractivity contribution is -0.120. The number of anilines is 1. The van der Waals surface area contributed by atoms with E-state index in [0.717, 1.165) is 5.56 Å². The maximum atomic E-state index is 12.1. The standard InChI is InChI=1S/C14H12N2O2/c17-12-10-7-4-8-15-13(10)16-14(18)11(12)9-5-2-1-3-6-9/h1-8,11-12,17H,(H,15,16,18). The van der Waals surface area contributed by atoms with Crippen LogP contribution in [-0.2, 0) is 4.79 Å². The highest BCUT2D eigenvalue weighted by atomic mass is 16.3. The Kier molecular flexibility index (Phi) is 2.57. The van der Waals surface area contributed by atoms with Crippen molar-refractivity contribution in [1.29, 1.82) is 0 Å². The first-order chi connectivity index (χ1) is 8.77. The Morgan fingerprint density at radius 3 is 2.67 bits per heavy atom. The van der Waals surface area contributed by atoms with Crippen LogP contribution in [0.25, 0.3) is 0 Å². The van der Waals surface area contributed by atoms with E-state index in [9.17, 15) is 9.90 Å². The molecule has 1 aromatic heterocycles. The minimum absolute atomic E-state index is 0.222. The van der Waals surface area contributed by atoms with Crippen molar-refractivity contribution < 1.29 is 9.90 Å². The first kappa shape index (κ1) is 10.9. The van der Waals surface area contributed by atoms with E-state index >= 15 is 0 Å². The summed E-state index contributed by atoms with van der Waals surface area (Å²) >= 11 is 0. The molecule has 4 heteroatoms. The van der Waals surface area contributed by atoms with Crippen molar-refractivity contribution in [2.24, 2.45) is 0 Å². The zero-order chi connectivity index (χ0) is 12.5. The Bertz CT molecular complexity index is 583. The van der Waals surface area contributed by atoms with Crippen LogP contribution < -0.4 is 5.32 Å². The molecule has 2 unspecified atom stereocenters. The molecule has 1 aromatic carbocycles. The number of pyridine rings is 1. The molecule has 0 saturated carbocycles. The predicted molar refractivity (Wildman–Crippen MR) is 67.0 cm³/mol. The van der Waals surface area contributed by atoms with Crippen LogP contribution in [0.15, 0.2) is 48.7 Å². The normalized spacial score (nSPS) is 22.2. The lowest BCUT2D eigenvalue weighted by Crippen LogP contribution is -2.32. The third kappa shape index (κ3) is 1.67. The first-order valence-electron chi connectivity index (χ1n) is 5.76. The molecule has 0 spiro atoms. The molecule has 2 heterocycles. The van der Waals surface area contributed by atoms with Gasteiger partial charge in [0.15, 0.2) is 0 Å². The summed E-state index contributed by atoms with van der Waals surface area (Å²) in [6.07, 6.45) is 0.735. The van der Waals surface area contributed by atoms with Crippen LogP contribution in [-0.4, -0.2) is 16.0 Å². The molecule has 0 bridgehead atoms. The summed E-state index contributed by atoms with van der Waals surface area (Å²) < 4.78 is 0. The average molecular weight is 240 g/mol. The number of fused-ring (bicyclic) bond motifs is 1. The number of hydrogen-bond acceptors (Lipinski definition) is 3. The quantitative estimate of drug-likeness (QED) is 0.799. The van der Waals surface area contributed by atoms with Gasteiger partial charge >= 0.3 is 0 Å². The van der Waals surface area contributed by atoms with E-state index in [4.69, 9.17) is 0 Å². The number of carbonyl (C=O) groups is 1. The molecule has 2 aromatic rings. The lowest BCUT2D eigenvalue weighted by Gasteiger charge is -2.28. The van der Waals surface area contributed by atoms with Gasteiger partial charge in [-0.15, -0.1) is 0 Å². The van der Waals surface area contributed by atoms with Gasteiger partial charge in [0.2, 0.25) is 5.91 Å². The fourth-order valence-corrected chi connectivity index (χ4v) is 2.27. The maximum absolute atomic E-state index is 12.1. The van der Waals surface area contributed by atoms with Crippen LogP contribution in [0, 0.1) is 0 Å². The van der Waals surface area contributed by atoms with Gasteiger partial charge < -0.3 is 10.4 Å². The average Bonchev–Trinajstić information content (AvgIpc) is 2.40. The van der Waals surface area contributed by atoms with E-state index in [1.165, 1.54) is 0 Å². The smallest absolute Gasteiger partial charge is 0.236 e. The minimum atomic E-state index is -0.857. The number of benzene rings is 1. The minimum Gasteiger partial charge on any atom is -0.387 e. The summed E-state index contributed by atoms with van der Waals surface area (Å²) in [5.41, 5.74) is 1.46. The van der Waals surface area contributed by atoms with Crippen molar-refractivity contribution >= 4 is 11.7 Å². The molecule has 3 rings (SSSR count). The number of nitrogens with one attached hydrogen (secondary N) is 1. The first-order valence-corrected chi connectivity index (χ1v) is 5.76. The van der Waals surface area contributed by atoms with Crippen LogP contribution in [0.3, 0.4) is 0 Å². The van der Waals surface area contributed by atoms with E-state index in [2.05, 4.69) is 10.3 Å². The number of aliphatic hydroxyl groups is 1. The molecule has 2 N–H and O–H groups in total. The zero-order valence-corrected chi connectivity index (χ0v) is 9.58. The molecular formula is C14H12N2O2. The molecular weight excluding hydrogens is 228 g/mol. The SMILES string of the molecule is O=C1Nc2ncccc2C(O)C1c1ccccc1. The highest BCUT2D eigenvalue weighted by Crippen LogP contribution is 2.38. The highest BCUT2D eigenvalue weighted by molar-refractivity contribution is 5.98. The van der Waals surface area contributed by atoms with Gasteiger partial charge in [0, 0.05) is 11.8 Å². The van der Waals surface area contributed by atoms with Gasteiger partial charge in [-0.25, -0.2) is 4.98 Å². The van der Waals surface area contributed by atoms with E-state index in [1.807, 2.05) is 30.3 Å². The van der Waals surface area contributed by atoms with Gasteiger partial charge in [0.05, 0.1) is 12.0 Å². The largest absolute Gasteiger partial charge is 0.387 e. The molecule has 1 amide bonds. The third-order valence-corrected chi connectivity index (χ3v) is 3.16. The van der Waals surface area contributed by atoms with E-state index in [1.54, 1.807) is 18.3 Å². The molecule has 4 nitrogen and oxygen atoms in total. The van der Waals surface area contributed by atoms with Crippen molar-refractivity contribution in [3.8, 4) is 0 Å². The third-order valence-electron chi connectivity index (χ3n) is 3.16. The van der Waals surface area contributed by atoms with Crippen molar-refractivity contribution in [1.82, 2.24) is 4.98 Å². The molecule has 0 radical (unpaired) electrons. The summed E-state index contributed by atoms with van der Waals surface area (Å²) in [5.74, 6) is -0.356. The fraction of sp³-hybridized carbons (Fsp3) is 0.143. The number of aromatic nitrogens is 1. The van der Waals surface area contributed by atoms with Gasteiger partial charge in [-0.3, -0.25) is 4.79 Å². The summed E-state index contributed by atoms with van der Waals surface area (Å²) in [6, 6.07) is 12.8. The van der Waals surface area contributed by atoms with E-state index in [0.29, 0.717) is 11.4 Å². The van der Waals surface area contributed by atoms with E-state index in [-0.39, 0.29) is 5.91 Å². The summed E-state index contributed by atoms with van der Waals surface area (Å²) in [4.78, 5) is 16.1. The molecule has 1 aliphatic heterocycles. The number of amides is 1. The lowest BCUT2D eigenvalue weighted by atomic mass is 9.86. The number of rotatable bonds is 1. The molecule has 90 valence electrons. The summed E-state index contributed by atoms with van der Waals surface area (Å²) in [7, 11) is 0.